The molecule has 0 saturated heterocycles. The molecule has 16 heavy (non-hydrogen) atoms. The average Bonchev–Trinajstić information content (AvgIpc) is 2.16. The molecule has 0 unspecified atom stereocenters. The molecule has 0 atom stereocenters. The Hall–Kier alpha value is -2.71. The number of benzene rings is 1. The van der Waals surface area contributed by atoms with E-state index < -0.39 is 32.9 Å². The van der Waals surface area contributed by atoms with Crippen LogP contribution in [0.2, 0.25) is 0 Å². The largest absolute Gasteiger partial charge is 0.351 e. The van der Waals surface area contributed by atoms with Crippen LogP contribution in [-0.4, -0.2) is 15.9 Å². The number of rotatable bonds is 3. The number of urea groups is 1. The topological polar surface area (TPSA) is 141 Å². The van der Waals surface area contributed by atoms with Crippen molar-refractivity contribution in [3.8, 4) is 0 Å². The molecule has 0 saturated carbocycles. The molecule has 0 heterocycles. The van der Waals surface area contributed by atoms with Crippen LogP contribution < -0.4 is 11.1 Å². The summed E-state index contributed by atoms with van der Waals surface area (Å²) < 4.78 is 0. The van der Waals surface area contributed by atoms with Crippen LogP contribution in [0.4, 0.5) is 21.9 Å². The van der Waals surface area contributed by atoms with Gasteiger partial charge < -0.3 is 5.73 Å². The molecule has 3 N–H and O–H groups in total. The summed E-state index contributed by atoms with van der Waals surface area (Å²) in [6.07, 6.45) is 0. The average molecular weight is 226 g/mol. The molecular weight excluding hydrogens is 220 g/mol. The fourth-order valence-electron chi connectivity index (χ4n) is 1.08. The van der Waals surface area contributed by atoms with E-state index in [0.29, 0.717) is 0 Å². The summed E-state index contributed by atoms with van der Waals surface area (Å²) >= 11 is 0. The van der Waals surface area contributed by atoms with Gasteiger partial charge >= 0.3 is 6.03 Å². The number of nitrogens with one attached hydrogen (secondary N) is 1. The van der Waals surface area contributed by atoms with E-state index in [1.165, 1.54) is 0 Å². The Balaban J connectivity index is 3.40. The summed E-state index contributed by atoms with van der Waals surface area (Å²) in [4.78, 5) is 30.0. The number of para-hydroxylation sites is 1. The molecule has 84 valence electrons. The highest BCUT2D eigenvalue weighted by Gasteiger charge is 2.25. The fourth-order valence-corrected chi connectivity index (χ4v) is 1.08. The normalized spacial score (nSPS) is 9.50. The number of carbonyl (C=O) groups is 1. The zero-order valence-corrected chi connectivity index (χ0v) is 7.75. The van der Waals surface area contributed by atoms with Gasteiger partial charge in [-0.3, -0.25) is 25.5 Å². The number of hydrogen-bond donors (Lipinski definition) is 2. The molecule has 0 spiro atoms. The molecule has 0 aliphatic rings. The maximum Gasteiger partial charge on any atom is 0.317 e. The van der Waals surface area contributed by atoms with Crippen molar-refractivity contribution in [1.29, 1.82) is 0 Å². The van der Waals surface area contributed by atoms with E-state index in [2.05, 4.69) is 0 Å². The van der Waals surface area contributed by atoms with Crippen LogP contribution in [0.25, 0.3) is 0 Å². The smallest absolute Gasteiger partial charge is 0.317 e. The van der Waals surface area contributed by atoms with Crippen molar-refractivity contribution in [3.05, 3.63) is 38.4 Å². The van der Waals surface area contributed by atoms with Crippen LogP contribution >= 0.6 is 0 Å². The van der Waals surface area contributed by atoms with Gasteiger partial charge in [0.05, 0.1) is 9.85 Å². The Labute approximate surface area is 88.2 Å². The van der Waals surface area contributed by atoms with E-state index in [9.17, 15) is 25.0 Å². The second kappa shape index (κ2) is 4.21. The number of carbonyl (C=O) groups excluding carboxylic acids is 1. The quantitative estimate of drug-likeness (QED) is 0.583. The summed E-state index contributed by atoms with van der Waals surface area (Å²) in [5.41, 5.74) is 3.06. The number of anilines is 1. The maximum absolute atomic E-state index is 10.6. The highest BCUT2D eigenvalue weighted by molar-refractivity contribution is 5.94. The Morgan fingerprint density at radius 2 is 1.62 bits per heavy atom. The molecule has 0 aliphatic heterocycles. The maximum atomic E-state index is 10.6. The molecule has 0 radical (unpaired) electrons. The van der Waals surface area contributed by atoms with Gasteiger partial charge in [0.2, 0.25) is 0 Å². The number of nitro benzene ring substituents is 2. The number of primary amides is 1. The van der Waals surface area contributed by atoms with Gasteiger partial charge in [0.25, 0.3) is 11.4 Å². The van der Waals surface area contributed by atoms with Crippen molar-refractivity contribution in [2.24, 2.45) is 5.73 Å². The first-order valence-electron chi connectivity index (χ1n) is 3.91. The lowest BCUT2D eigenvalue weighted by Gasteiger charge is -2.03. The van der Waals surface area contributed by atoms with Crippen molar-refractivity contribution in [2.75, 3.05) is 5.32 Å². The van der Waals surface area contributed by atoms with Gasteiger partial charge in [-0.1, -0.05) is 0 Å². The van der Waals surface area contributed by atoms with E-state index in [-0.39, 0.29) is 0 Å². The van der Waals surface area contributed by atoms with Crippen molar-refractivity contribution < 1.29 is 14.6 Å². The summed E-state index contributed by atoms with van der Waals surface area (Å²) in [5.74, 6) is 0. The lowest BCUT2D eigenvalue weighted by molar-refractivity contribution is -0.392. The van der Waals surface area contributed by atoms with E-state index in [1.54, 1.807) is 0 Å². The molecule has 0 aromatic heterocycles. The SMILES string of the molecule is NC(=O)Nc1c([N+](=O)[O-])cccc1[N+](=O)[O-]. The highest BCUT2D eigenvalue weighted by Crippen LogP contribution is 2.33. The number of nitrogens with two attached hydrogens (primary N) is 1. The van der Waals surface area contributed by atoms with Crippen LogP contribution in [0.3, 0.4) is 0 Å². The Bertz CT molecular complexity index is 440. The minimum Gasteiger partial charge on any atom is -0.351 e. The first-order valence-corrected chi connectivity index (χ1v) is 3.91. The molecule has 1 aromatic rings. The van der Waals surface area contributed by atoms with Crippen LogP contribution in [0.5, 0.6) is 0 Å². The Morgan fingerprint density at radius 3 is 1.94 bits per heavy atom. The first-order chi connectivity index (χ1) is 7.43. The van der Waals surface area contributed by atoms with Crippen LogP contribution in [0.15, 0.2) is 18.2 Å². The lowest BCUT2D eigenvalue weighted by Crippen LogP contribution is -2.20. The van der Waals surface area contributed by atoms with Crippen molar-refractivity contribution in [2.45, 2.75) is 0 Å². The zero-order chi connectivity index (χ0) is 12.3. The molecule has 2 amide bonds. The van der Waals surface area contributed by atoms with E-state index in [1.807, 2.05) is 5.32 Å². The second-order valence-corrected chi connectivity index (χ2v) is 2.67. The van der Waals surface area contributed by atoms with E-state index >= 15 is 0 Å². The summed E-state index contributed by atoms with van der Waals surface area (Å²) in [7, 11) is 0. The highest BCUT2D eigenvalue weighted by atomic mass is 16.6. The van der Waals surface area contributed by atoms with Gasteiger partial charge in [0.1, 0.15) is 0 Å². The third-order valence-electron chi connectivity index (χ3n) is 1.66. The van der Waals surface area contributed by atoms with E-state index in [0.717, 1.165) is 18.2 Å². The third-order valence-corrected chi connectivity index (χ3v) is 1.66. The molecule has 0 fully saturated rings. The van der Waals surface area contributed by atoms with Gasteiger partial charge in [-0.2, -0.15) is 0 Å². The predicted molar refractivity (Wildman–Crippen MR) is 53.0 cm³/mol. The Kier molecular flexibility index (Phi) is 2.99. The molecule has 0 aliphatic carbocycles. The van der Waals surface area contributed by atoms with Gasteiger partial charge in [-0.05, 0) is 6.07 Å². The molecule has 9 nitrogen and oxygen atoms in total. The fraction of sp³-hybridized carbons (Fsp3) is 0. The van der Waals surface area contributed by atoms with Crippen LogP contribution in [-0.2, 0) is 0 Å². The Morgan fingerprint density at radius 1 is 1.19 bits per heavy atom. The number of nitro groups is 2. The predicted octanol–water partition coefficient (Wildman–Crippen LogP) is 0.994. The molecule has 1 rings (SSSR count). The zero-order valence-electron chi connectivity index (χ0n) is 7.75. The van der Waals surface area contributed by atoms with E-state index in [4.69, 9.17) is 5.73 Å². The molecular formula is C7H6N4O5. The standard InChI is InChI=1S/C7H6N4O5/c8-7(12)9-6-4(10(13)14)2-1-3-5(6)11(15)16/h1-3H,(H3,8,9,12). The first kappa shape index (κ1) is 11.4. The number of hydrogen-bond acceptors (Lipinski definition) is 5. The number of amides is 2. The van der Waals surface area contributed by atoms with Crippen molar-refractivity contribution >= 4 is 23.1 Å². The summed E-state index contributed by atoms with van der Waals surface area (Å²) in [6.45, 7) is 0. The summed E-state index contributed by atoms with van der Waals surface area (Å²) in [5, 5.41) is 23.0. The molecule has 9 heteroatoms. The second-order valence-electron chi connectivity index (χ2n) is 2.67. The minimum atomic E-state index is -1.11. The summed E-state index contributed by atoms with van der Waals surface area (Å²) in [6, 6.07) is 2.08. The van der Waals surface area contributed by atoms with Crippen LogP contribution in [0, 0.1) is 20.2 Å². The number of nitrogens with zero attached hydrogens (tertiary/aromatic N) is 2. The van der Waals surface area contributed by atoms with Crippen molar-refractivity contribution in [1.82, 2.24) is 0 Å². The van der Waals surface area contributed by atoms with Gasteiger partial charge in [-0.15, -0.1) is 0 Å². The third kappa shape index (κ3) is 2.20. The van der Waals surface area contributed by atoms with Crippen molar-refractivity contribution in [3.63, 3.8) is 0 Å². The van der Waals surface area contributed by atoms with Crippen LogP contribution in [0.1, 0.15) is 0 Å². The van der Waals surface area contributed by atoms with Gasteiger partial charge in [-0.25, -0.2) is 4.79 Å². The minimum absolute atomic E-state index is 0.523. The monoisotopic (exact) mass is 226 g/mol. The molecule has 1 aromatic carbocycles. The molecule has 0 bridgehead atoms. The van der Waals surface area contributed by atoms with Gasteiger partial charge in [0.15, 0.2) is 5.69 Å². The van der Waals surface area contributed by atoms with Gasteiger partial charge in [0, 0.05) is 12.1 Å². The lowest BCUT2D eigenvalue weighted by atomic mass is 10.2.